The Bertz CT molecular complexity index is 333. The minimum absolute atomic E-state index is 0.191. The fourth-order valence-corrected chi connectivity index (χ4v) is 2.73. The summed E-state index contributed by atoms with van der Waals surface area (Å²) >= 11 is 1.80. The van der Waals surface area contributed by atoms with Gasteiger partial charge < -0.3 is 0 Å². The van der Waals surface area contributed by atoms with Crippen LogP contribution in [0.5, 0.6) is 0 Å². The summed E-state index contributed by atoms with van der Waals surface area (Å²) in [5, 5.41) is 0. The van der Waals surface area contributed by atoms with Crippen LogP contribution in [0.2, 0.25) is 0 Å². The van der Waals surface area contributed by atoms with Crippen LogP contribution in [-0.4, -0.2) is 11.5 Å². The van der Waals surface area contributed by atoms with E-state index in [4.69, 9.17) is 0 Å². The minimum atomic E-state index is 0.191. The van der Waals surface area contributed by atoms with Crippen molar-refractivity contribution in [2.75, 3.05) is 5.75 Å². The van der Waals surface area contributed by atoms with Gasteiger partial charge in [-0.05, 0) is 18.2 Å². The topological polar surface area (TPSA) is 17.1 Å². The molecule has 2 heteroatoms. The van der Waals surface area contributed by atoms with Gasteiger partial charge in [0.15, 0.2) is 5.78 Å². The zero-order chi connectivity index (χ0) is 9.26. The highest BCUT2D eigenvalue weighted by molar-refractivity contribution is 7.99. The lowest BCUT2D eigenvalue weighted by Gasteiger charge is -2.05. The molecule has 0 aliphatic carbocycles. The molecule has 0 spiro atoms. The Morgan fingerprint density at radius 2 is 2.15 bits per heavy atom. The number of Topliss-reactive ketones (excluding diaryl/α,β-unsaturated/α-hetero) is 1. The summed E-state index contributed by atoms with van der Waals surface area (Å²) in [4.78, 5) is 13.0. The van der Waals surface area contributed by atoms with Crippen LogP contribution >= 0.6 is 11.8 Å². The van der Waals surface area contributed by atoms with E-state index in [1.54, 1.807) is 11.8 Å². The molecular weight excluding hydrogens is 180 g/mol. The quantitative estimate of drug-likeness (QED) is 0.628. The lowest BCUT2D eigenvalue weighted by atomic mass is 9.97. The molecule has 0 aromatic heterocycles. The molecular formula is C11H12OS. The summed E-state index contributed by atoms with van der Waals surface area (Å²) in [6.45, 7) is 2.02. The molecule has 0 amide bonds. The van der Waals surface area contributed by atoms with Crippen LogP contribution in [0.3, 0.4) is 0 Å². The number of benzene rings is 1. The van der Waals surface area contributed by atoms with Crippen LogP contribution in [0.15, 0.2) is 29.2 Å². The summed E-state index contributed by atoms with van der Waals surface area (Å²) in [6, 6.07) is 7.91. The number of carbonyl (C=O) groups excluding carboxylic acids is 1. The second-order valence-electron chi connectivity index (χ2n) is 3.40. The molecule has 1 heterocycles. The molecule has 1 aromatic rings. The molecule has 1 atom stereocenters. The van der Waals surface area contributed by atoms with Gasteiger partial charge in [-0.25, -0.2) is 0 Å². The molecule has 0 radical (unpaired) electrons. The van der Waals surface area contributed by atoms with E-state index in [2.05, 4.69) is 0 Å². The summed E-state index contributed by atoms with van der Waals surface area (Å²) in [5.41, 5.74) is 0.914. The van der Waals surface area contributed by atoms with Crippen molar-refractivity contribution in [2.24, 2.45) is 5.92 Å². The highest BCUT2D eigenvalue weighted by Gasteiger charge is 2.21. The van der Waals surface area contributed by atoms with E-state index in [1.165, 1.54) is 0 Å². The van der Waals surface area contributed by atoms with Gasteiger partial charge in [-0.2, -0.15) is 0 Å². The second kappa shape index (κ2) is 3.54. The normalized spacial score (nSPS) is 22.2. The third-order valence-electron chi connectivity index (χ3n) is 2.41. The summed E-state index contributed by atoms with van der Waals surface area (Å²) in [6.07, 6.45) is 0.998. The molecule has 0 bridgehead atoms. The summed E-state index contributed by atoms with van der Waals surface area (Å²) in [7, 11) is 0. The van der Waals surface area contributed by atoms with Gasteiger partial charge in [0.1, 0.15) is 0 Å². The Morgan fingerprint density at radius 1 is 1.38 bits per heavy atom. The SMILES string of the molecule is CC1CCSc2ccccc2C1=O. The molecule has 2 rings (SSSR count). The number of hydrogen-bond acceptors (Lipinski definition) is 2. The van der Waals surface area contributed by atoms with Gasteiger partial charge in [0.05, 0.1) is 0 Å². The van der Waals surface area contributed by atoms with Gasteiger partial charge in [0.2, 0.25) is 0 Å². The molecule has 0 saturated carbocycles. The van der Waals surface area contributed by atoms with E-state index < -0.39 is 0 Å². The number of ketones is 1. The van der Waals surface area contributed by atoms with Crippen LogP contribution in [-0.2, 0) is 0 Å². The number of thioether (sulfide) groups is 1. The number of hydrogen-bond donors (Lipinski definition) is 0. The zero-order valence-corrected chi connectivity index (χ0v) is 8.43. The van der Waals surface area contributed by atoms with E-state index in [0.29, 0.717) is 5.78 Å². The van der Waals surface area contributed by atoms with Gasteiger partial charge in [-0.15, -0.1) is 11.8 Å². The fourth-order valence-electron chi connectivity index (χ4n) is 1.54. The predicted molar refractivity (Wildman–Crippen MR) is 55.3 cm³/mol. The Kier molecular flexibility index (Phi) is 2.40. The smallest absolute Gasteiger partial charge is 0.166 e. The van der Waals surface area contributed by atoms with Crippen molar-refractivity contribution >= 4 is 17.5 Å². The molecule has 0 saturated heterocycles. The van der Waals surface area contributed by atoms with Crippen LogP contribution in [0.4, 0.5) is 0 Å². The average molecular weight is 192 g/mol. The van der Waals surface area contributed by atoms with Crippen molar-refractivity contribution in [3.05, 3.63) is 29.8 Å². The van der Waals surface area contributed by atoms with E-state index in [9.17, 15) is 4.79 Å². The Morgan fingerprint density at radius 3 is 3.00 bits per heavy atom. The van der Waals surface area contributed by atoms with Gasteiger partial charge in [0.25, 0.3) is 0 Å². The van der Waals surface area contributed by atoms with Gasteiger partial charge in [-0.3, -0.25) is 4.79 Å². The first kappa shape index (κ1) is 8.82. The number of fused-ring (bicyclic) bond motifs is 1. The van der Waals surface area contributed by atoms with Crippen LogP contribution in [0.25, 0.3) is 0 Å². The Labute approximate surface area is 82.5 Å². The van der Waals surface area contributed by atoms with Crippen LogP contribution < -0.4 is 0 Å². The molecule has 1 unspecified atom stereocenters. The molecule has 68 valence electrons. The third-order valence-corrected chi connectivity index (χ3v) is 3.52. The van der Waals surface area contributed by atoms with Crippen molar-refractivity contribution in [1.82, 2.24) is 0 Å². The van der Waals surface area contributed by atoms with Gasteiger partial charge >= 0.3 is 0 Å². The van der Waals surface area contributed by atoms with Gasteiger partial charge in [0, 0.05) is 16.4 Å². The average Bonchev–Trinajstić information content (AvgIpc) is 2.29. The highest BCUT2D eigenvalue weighted by Crippen LogP contribution is 2.30. The molecule has 1 aliphatic rings. The zero-order valence-electron chi connectivity index (χ0n) is 7.62. The second-order valence-corrected chi connectivity index (χ2v) is 4.54. The summed E-state index contributed by atoms with van der Waals surface area (Å²) < 4.78 is 0. The van der Waals surface area contributed by atoms with Gasteiger partial charge in [-0.1, -0.05) is 25.1 Å². The van der Waals surface area contributed by atoms with Crippen LogP contribution in [0.1, 0.15) is 23.7 Å². The monoisotopic (exact) mass is 192 g/mol. The molecule has 0 fully saturated rings. The lowest BCUT2D eigenvalue weighted by molar-refractivity contribution is 0.0926. The Balaban J connectivity index is 2.46. The number of carbonyl (C=O) groups is 1. The molecule has 13 heavy (non-hydrogen) atoms. The van der Waals surface area contributed by atoms with Crippen molar-refractivity contribution in [3.8, 4) is 0 Å². The maximum absolute atomic E-state index is 11.8. The first-order chi connectivity index (χ1) is 6.29. The highest BCUT2D eigenvalue weighted by atomic mass is 32.2. The fraction of sp³-hybridized carbons (Fsp3) is 0.364. The van der Waals surface area contributed by atoms with Crippen LogP contribution in [0, 0.1) is 5.92 Å². The maximum Gasteiger partial charge on any atom is 0.166 e. The van der Waals surface area contributed by atoms with Crippen molar-refractivity contribution in [2.45, 2.75) is 18.2 Å². The molecule has 1 aromatic carbocycles. The van der Waals surface area contributed by atoms with E-state index in [1.807, 2.05) is 31.2 Å². The minimum Gasteiger partial charge on any atom is -0.294 e. The molecule has 1 nitrogen and oxygen atoms in total. The van der Waals surface area contributed by atoms with E-state index in [-0.39, 0.29) is 5.92 Å². The molecule has 0 N–H and O–H groups in total. The molecule has 1 aliphatic heterocycles. The van der Waals surface area contributed by atoms with Crippen molar-refractivity contribution in [1.29, 1.82) is 0 Å². The lowest BCUT2D eigenvalue weighted by Crippen LogP contribution is -2.10. The van der Waals surface area contributed by atoms with Crippen molar-refractivity contribution in [3.63, 3.8) is 0 Å². The first-order valence-corrected chi connectivity index (χ1v) is 5.53. The third kappa shape index (κ3) is 1.63. The standard InChI is InChI=1S/C11H12OS/c1-8-6-7-13-10-5-3-2-4-9(10)11(8)12/h2-5,8H,6-7H2,1H3. The van der Waals surface area contributed by atoms with Crippen molar-refractivity contribution < 1.29 is 4.79 Å². The maximum atomic E-state index is 11.8. The Hall–Kier alpha value is -0.760. The number of rotatable bonds is 0. The largest absolute Gasteiger partial charge is 0.294 e. The first-order valence-electron chi connectivity index (χ1n) is 4.55. The van der Waals surface area contributed by atoms with E-state index >= 15 is 0 Å². The van der Waals surface area contributed by atoms with E-state index in [0.717, 1.165) is 22.6 Å². The predicted octanol–water partition coefficient (Wildman–Crippen LogP) is 3.00. The summed E-state index contributed by atoms with van der Waals surface area (Å²) in [5.74, 6) is 1.56.